The van der Waals surface area contributed by atoms with Gasteiger partial charge in [-0.3, -0.25) is 0 Å². The molecule has 3 rings (SSSR count). The summed E-state index contributed by atoms with van der Waals surface area (Å²) in [5, 5.41) is 3.34. The van der Waals surface area contributed by atoms with Gasteiger partial charge in [0.1, 0.15) is 5.82 Å². The zero-order valence-electron chi connectivity index (χ0n) is 13.9. The summed E-state index contributed by atoms with van der Waals surface area (Å²) in [5.41, 5.74) is 4.63. The third kappa shape index (κ3) is 4.93. The van der Waals surface area contributed by atoms with Gasteiger partial charge in [-0.15, -0.1) is 0 Å². The first-order chi connectivity index (χ1) is 11.8. The van der Waals surface area contributed by atoms with Crippen molar-refractivity contribution >= 4 is 5.82 Å². The number of nitrogens with zero attached hydrogens (tertiary/aromatic N) is 1. The number of rotatable bonds is 7. The maximum absolute atomic E-state index is 5.76. The number of aryl methyl sites for hydroxylation is 1. The minimum absolute atomic E-state index is 0.627. The zero-order chi connectivity index (χ0) is 16.6. The summed E-state index contributed by atoms with van der Waals surface area (Å²) >= 11 is 0. The van der Waals surface area contributed by atoms with Crippen molar-refractivity contribution < 1.29 is 4.74 Å². The average molecular weight is 318 g/mol. The van der Waals surface area contributed by atoms with Gasteiger partial charge in [-0.2, -0.15) is 0 Å². The Bertz CT molecular complexity index is 754. The molecule has 3 nitrogen and oxygen atoms in total. The molecule has 0 aliphatic carbocycles. The molecule has 0 aliphatic heterocycles. The van der Waals surface area contributed by atoms with Crippen molar-refractivity contribution in [2.45, 2.75) is 26.7 Å². The quantitative estimate of drug-likeness (QED) is 0.684. The van der Waals surface area contributed by atoms with Crippen LogP contribution in [0.5, 0.6) is 0 Å². The van der Waals surface area contributed by atoms with Crippen LogP contribution in [0.25, 0.3) is 0 Å². The van der Waals surface area contributed by atoms with Crippen molar-refractivity contribution in [3.63, 3.8) is 0 Å². The molecule has 3 aromatic rings. The predicted octanol–water partition coefficient (Wildman–Crippen LogP) is 4.72. The molecule has 0 bridgehead atoms. The van der Waals surface area contributed by atoms with Gasteiger partial charge in [-0.1, -0.05) is 60.7 Å². The lowest BCUT2D eigenvalue weighted by Crippen LogP contribution is -2.02. The lowest BCUT2D eigenvalue weighted by Gasteiger charge is -2.08. The third-order valence-electron chi connectivity index (χ3n) is 3.77. The van der Waals surface area contributed by atoms with E-state index in [2.05, 4.69) is 46.7 Å². The van der Waals surface area contributed by atoms with Crippen LogP contribution in [0.3, 0.4) is 0 Å². The molecule has 2 aromatic carbocycles. The van der Waals surface area contributed by atoms with Gasteiger partial charge < -0.3 is 10.1 Å². The normalized spacial score (nSPS) is 10.5. The van der Waals surface area contributed by atoms with Gasteiger partial charge in [0.25, 0.3) is 0 Å². The third-order valence-corrected chi connectivity index (χ3v) is 3.77. The molecule has 0 radical (unpaired) electrons. The number of nitrogens with one attached hydrogen (secondary N) is 1. The molecule has 0 aliphatic rings. The Morgan fingerprint density at radius 2 is 1.42 bits per heavy atom. The zero-order valence-corrected chi connectivity index (χ0v) is 13.9. The summed E-state index contributed by atoms with van der Waals surface area (Å²) in [6, 6.07) is 24.7. The Hall–Kier alpha value is -2.65. The Labute approximate surface area is 143 Å². The Balaban J connectivity index is 1.46. The number of anilines is 1. The van der Waals surface area contributed by atoms with Gasteiger partial charge >= 0.3 is 0 Å². The largest absolute Gasteiger partial charge is 0.372 e. The van der Waals surface area contributed by atoms with Crippen LogP contribution in [0, 0.1) is 6.92 Å². The van der Waals surface area contributed by atoms with E-state index in [9.17, 15) is 0 Å². The summed E-state index contributed by atoms with van der Waals surface area (Å²) in [6.45, 7) is 4.03. The van der Waals surface area contributed by atoms with Crippen LogP contribution < -0.4 is 5.32 Å². The van der Waals surface area contributed by atoms with Gasteiger partial charge in [0.15, 0.2) is 0 Å². The summed E-state index contributed by atoms with van der Waals surface area (Å²) in [4.78, 5) is 4.44. The monoisotopic (exact) mass is 318 g/mol. The minimum atomic E-state index is 0.627. The molecule has 0 spiro atoms. The summed E-state index contributed by atoms with van der Waals surface area (Å²) in [6.07, 6.45) is 0. The standard InChI is InChI=1S/C21H22N2O/c1-17-6-5-9-21(23-17)22-14-18-10-12-20(13-11-18)16-24-15-19-7-3-2-4-8-19/h2-13H,14-16H2,1H3,(H,22,23). The molecule has 0 fully saturated rings. The number of hydrogen-bond donors (Lipinski definition) is 1. The maximum atomic E-state index is 5.76. The molecule has 0 amide bonds. The Morgan fingerprint density at radius 3 is 2.12 bits per heavy atom. The van der Waals surface area contributed by atoms with E-state index in [1.54, 1.807) is 0 Å². The van der Waals surface area contributed by atoms with Crippen molar-refractivity contribution in [2.24, 2.45) is 0 Å². The fourth-order valence-electron chi connectivity index (χ4n) is 2.45. The van der Waals surface area contributed by atoms with Crippen molar-refractivity contribution in [1.82, 2.24) is 4.98 Å². The second kappa shape index (κ2) is 8.27. The van der Waals surface area contributed by atoms with Crippen LogP contribution in [0.1, 0.15) is 22.4 Å². The molecule has 1 N–H and O–H groups in total. The highest BCUT2D eigenvalue weighted by Gasteiger charge is 1.98. The van der Waals surface area contributed by atoms with Crippen LogP contribution in [-0.4, -0.2) is 4.98 Å². The number of ether oxygens (including phenoxy) is 1. The fraction of sp³-hybridized carbons (Fsp3) is 0.190. The van der Waals surface area contributed by atoms with Crippen molar-refractivity contribution in [2.75, 3.05) is 5.32 Å². The van der Waals surface area contributed by atoms with Crippen LogP contribution in [0.15, 0.2) is 72.8 Å². The number of benzene rings is 2. The number of aromatic nitrogens is 1. The first kappa shape index (κ1) is 16.2. The van der Waals surface area contributed by atoms with Crippen LogP contribution in [-0.2, 0) is 24.5 Å². The van der Waals surface area contributed by atoms with E-state index >= 15 is 0 Å². The molecule has 122 valence electrons. The number of hydrogen-bond acceptors (Lipinski definition) is 3. The molecule has 1 aromatic heterocycles. The van der Waals surface area contributed by atoms with Crippen molar-refractivity contribution in [1.29, 1.82) is 0 Å². The van der Waals surface area contributed by atoms with Crippen LogP contribution in [0.2, 0.25) is 0 Å². The molecule has 0 atom stereocenters. The molecule has 0 saturated heterocycles. The molecule has 24 heavy (non-hydrogen) atoms. The highest BCUT2D eigenvalue weighted by atomic mass is 16.5. The van der Waals surface area contributed by atoms with E-state index < -0.39 is 0 Å². The smallest absolute Gasteiger partial charge is 0.126 e. The van der Waals surface area contributed by atoms with Gasteiger partial charge in [0.05, 0.1) is 13.2 Å². The topological polar surface area (TPSA) is 34.1 Å². The maximum Gasteiger partial charge on any atom is 0.126 e. The number of pyridine rings is 1. The first-order valence-corrected chi connectivity index (χ1v) is 8.16. The molecule has 1 heterocycles. The molecule has 3 heteroatoms. The first-order valence-electron chi connectivity index (χ1n) is 8.16. The van der Waals surface area contributed by atoms with E-state index in [0.29, 0.717) is 13.2 Å². The van der Waals surface area contributed by atoms with Gasteiger partial charge in [0, 0.05) is 12.2 Å². The highest BCUT2D eigenvalue weighted by molar-refractivity contribution is 5.36. The lowest BCUT2D eigenvalue weighted by molar-refractivity contribution is 0.107. The Kier molecular flexibility index (Phi) is 5.59. The Morgan fingerprint density at radius 1 is 0.750 bits per heavy atom. The van der Waals surface area contributed by atoms with Crippen molar-refractivity contribution in [3.8, 4) is 0 Å². The average Bonchev–Trinajstić information content (AvgIpc) is 2.62. The lowest BCUT2D eigenvalue weighted by atomic mass is 10.1. The van der Waals surface area contributed by atoms with E-state index in [1.807, 2.05) is 43.3 Å². The molecular formula is C21H22N2O. The molecule has 0 saturated carbocycles. The van der Waals surface area contributed by atoms with Crippen molar-refractivity contribution in [3.05, 3.63) is 95.2 Å². The van der Waals surface area contributed by atoms with Crippen LogP contribution in [0.4, 0.5) is 5.82 Å². The van der Waals surface area contributed by atoms with E-state index in [-0.39, 0.29) is 0 Å². The summed E-state index contributed by atoms with van der Waals surface area (Å²) in [5.74, 6) is 0.908. The summed E-state index contributed by atoms with van der Waals surface area (Å²) in [7, 11) is 0. The predicted molar refractivity (Wildman–Crippen MR) is 97.7 cm³/mol. The summed E-state index contributed by atoms with van der Waals surface area (Å²) < 4.78 is 5.76. The fourth-order valence-corrected chi connectivity index (χ4v) is 2.45. The molecular weight excluding hydrogens is 296 g/mol. The van der Waals surface area contributed by atoms with E-state index in [4.69, 9.17) is 4.74 Å². The van der Waals surface area contributed by atoms with E-state index in [1.165, 1.54) is 16.7 Å². The van der Waals surface area contributed by atoms with E-state index in [0.717, 1.165) is 18.1 Å². The SMILES string of the molecule is Cc1cccc(NCc2ccc(COCc3ccccc3)cc2)n1. The minimum Gasteiger partial charge on any atom is -0.372 e. The van der Waals surface area contributed by atoms with Crippen LogP contribution >= 0.6 is 0 Å². The molecule has 0 unspecified atom stereocenters. The van der Waals surface area contributed by atoms with Gasteiger partial charge in [-0.25, -0.2) is 4.98 Å². The second-order valence-corrected chi connectivity index (χ2v) is 5.81. The van der Waals surface area contributed by atoms with Gasteiger partial charge in [-0.05, 0) is 35.7 Å². The highest BCUT2D eigenvalue weighted by Crippen LogP contribution is 2.10. The van der Waals surface area contributed by atoms with Gasteiger partial charge in [0.2, 0.25) is 0 Å². The second-order valence-electron chi connectivity index (χ2n) is 5.81.